The van der Waals surface area contributed by atoms with Crippen LogP contribution in [-0.2, 0) is 16.3 Å². The van der Waals surface area contributed by atoms with Crippen molar-refractivity contribution in [3.63, 3.8) is 0 Å². The minimum Gasteiger partial charge on any atom is -0.392 e. The molecule has 0 aromatic carbocycles. The molecule has 5 nitrogen and oxygen atoms in total. The molecule has 0 radical (unpaired) electrons. The Morgan fingerprint density at radius 3 is 2.70 bits per heavy atom. The van der Waals surface area contributed by atoms with Gasteiger partial charge in [-0.25, -0.2) is 8.42 Å². The van der Waals surface area contributed by atoms with E-state index in [4.69, 9.17) is 0 Å². The zero-order valence-electron chi connectivity index (χ0n) is 12.2. The maximum atomic E-state index is 11.4. The van der Waals surface area contributed by atoms with Gasteiger partial charge in [-0.3, -0.25) is 4.68 Å². The van der Waals surface area contributed by atoms with Crippen LogP contribution in [0.15, 0.2) is 12.3 Å². The molecule has 0 aliphatic carbocycles. The lowest BCUT2D eigenvalue weighted by atomic mass is 9.98. The molecule has 0 bridgehead atoms. The van der Waals surface area contributed by atoms with Crippen molar-refractivity contribution in [3.8, 4) is 0 Å². The van der Waals surface area contributed by atoms with E-state index in [9.17, 15) is 13.5 Å². The lowest BCUT2D eigenvalue weighted by Crippen LogP contribution is -2.24. The number of hydrogen-bond donors (Lipinski definition) is 1. The predicted octanol–water partition coefficient (Wildman–Crippen LogP) is 1.58. The SMILES string of the molecule is CCC(CC)n1ccc(CC(O)C2CCS(=O)(=O)C2)n1. The Morgan fingerprint density at radius 2 is 2.15 bits per heavy atom. The van der Waals surface area contributed by atoms with Crippen molar-refractivity contribution in [2.24, 2.45) is 5.92 Å². The van der Waals surface area contributed by atoms with Crippen LogP contribution < -0.4 is 0 Å². The van der Waals surface area contributed by atoms with Crippen molar-refractivity contribution >= 4 is 9.84 Å². The van der Waals surface area contributed by atoms with Gasteiger partial charge >= 0.3 is 0 Å². The Balaban J connectivity index is 1.97. The first kappa shape index (κ1) is 15.5. The minimum absolute atomic E-state index is 0.113. The van der Waals surface area contributed by atoms with Crippen molar-refractivity contribution in [3.05, 3.63) is 18.0 Å². The molecule has 2 rings (SSSR count). The van der Waals surface area contributed by atoms with E-state index in [1.165, 1.54) is 0 Å². The molecule has 1 fully saturated rings. The number of rotatable bonds is 6. The monoisotopic (exact) mass is 300 g/mol. The summed E-state index contributed by atoms with van der Waals surface area (Å²) < 4.78 is 24.8. The zero-order chi connectivity index (χ0) is 14.8. The number of aromatic nitrogens is 2. The molecule has 2 atom stereocenters. The van der Waals surface area contributed by atoms with Gasteiger partial charge in [-0.05, 0) is 25.3 Å². The Morgan fingerprint density at radius 1 is 1.45 bits per heavy atom. The molecule has 1 saturated heterocycles. The Hall–Kier alpha value is -0.880. The molecule has 2 heterocycles. The molecule has 1 N–H and O–H groups in total. The summed E-state index contributed by atoms with van der Waals surface area (Å²) in [7, 11) is -2.93. The van der Waals surface area contributed by atoms with E-state index in [0.717, 1.165) is 18.5 Å². The lowest BCUT2D eigenvalue weighted by Gasteiger charge is -2.15. The Kier molecular flexibility index (Phi) is 4.86. The van der Waals surface area contributed by atoms with E-state index in [2.05, 4.69) is 18.9 Å². The molecule has 0 saturated carbocycles. The quantitative estimate of drug-likeness (QED) is 0.866. The molecule has 20 heavy (non-hydrogen) atoms. The minimum atomic E-state index is -2.93. The van der Waals surface area contributed by atoms with Gasteiger partial charge in [0, 0.05) is 18.5 Å². The molecule has 0 spiro atoms. The van der Waals surface area contributed by atoms with Crippen LogP contribution in [0.1, 0.15) is 44.8 Å². The standard InChI is InChI=1S/C14H24N2O3S/c1-3-13(4-2)16-7-5-12(15-16)9-14(17)11-6-8-20(18,19)10-11/h5,7,11,13-14,17H,3-4,6,8-10H2,1-2H3. The van der Waals surface area contributed by atoms with Crippen molar-refractivity contribution in [2.75, 3.05) is 11.5 Å². The number of sulfone groups is 1. The fourth-order valence-electron chi connectivity index (χ4n) is 2.86. The van der Waals surface area contributed by atoms with Gasteiger partial charge in [0.25, 0.3) is 0 Å². The van der Waals surface area contributed by atoms with E-state index < -0.39 is 15.9 Å². The smallest absolute Gasteiger partial charge is 0.150 e. The van der Waals surface area contributed by atoms with Crippen molar-refractivity contribution in [1.82, 2.24) is 9.78 Å². The van der Waals surface area contributed by atoms with E-state index >= 15 is 0 Å². The van der Waals surface area contributed by atoms with E-state index in [1.807, 2.05) is 16.9 Å². The molecule has 1 aromatic heterocycles. The molecule has 6 heteroatoms. The second-order valence-corrected chi connectivity index (χ2v) is 7.92. The fraction of sp³-hybridized carbons (Fsp3) is 0.786. The summed E-state index contributed by atoms with van der Waals surface area (Å²) in [5, 5.41) is 14.7. The van der Waals surface area contributed by atoms with Gasteiger partial charge in [0.15, 0.2) is 9.84 Å². The average molecular weight is 300 g/mol. The van der Waals surface area contributed by atoms with Crippen LogP contribution in [0, 0.1) is 5.92 Å². The van der Waals surface area contributed by atoms with Gasteiger partial charge < -0.3 is 5.11 Å². The van der Waals surface area contributed by atoms with Gasteiger partial charge in [0.05, 0.1) is 29.3 Å². The Labute approximate surface area is 120 Å². The molecule has 1 aliphatic heterocycles. The van der Waals surface area contributed by atoms with Gasteiger partial charge in [-0.15, -0.1) is 0 Å². The lowest BCUT2D eigenvalue weighted by molar-refractivity contribution is 0.119. The van der Waals surface area contributed by atoms with Gasteiger partial charge in [0.1, 0.15) is 0 Å². The summed E-state index contributed by atoms with van der Waals surface area (Å²) >= 11 is 0. The van der Waals surface area contributed by atoms with Crippen LogP contribution in [0.25, 0.3) is 0 Å². The number of hydrogen-bond acceptors (Lipinski definition) is 4. The predicted molar refractivity (Wildman–Crippen MR) is 78.3 cm³/mol. The first-order valence-corrected chi connectivity index (χ1v) is 9.19. The molecule has 1 aliphatic rings. The van der Waals surface area contributed by atoms with E-state index in [0.29, 0.717) is 18.9 Å². The summed E-state index contributed by atoms with van der Waals surface area (Å²) in [6, 6.07) is 2.32. The first-order valence-electron chi connectivity index (χ1n) is 7.37. The van der Waals surface area contributed by atoms with Crippen molar-refractivity contribution in [2.45, 2.75) is 51.7 Å². The summed E-state index contributed by atoms with van der Waals surface area (Å²) in [6.45, 7) is 4.27. The maximum Gasteiger partial charge on any atom is 0.150 e. The summed E-state index contributed by atoms with van der Waals surface area (Å²) in [5.74, 6) is 0.177. The van der Waals surface area contributed by atoms with E-state index in [-0.39, 0.29) is 17.4 Å². The van der Waals surface area contributed by atoms with Crippen LogP contribution in [0.5, 0.6) is 0 Å². The highest BCUT2D eigenvalue weighted by Gasteiger charge is 2.33. The van der Waals surface area contributed by atoms with Crippen LogP contribution in [-0.4, -0.2) is 40.9 Å². The fourth-order valence-corrected chi connectivity index (χ4v) is 4.73. The molecule has 114 valence electrons. The molecular formula is C14H24N2O3S. The van der Waals surface area contributed by atoms with Gasteiger partial charge in [-0.1, -0.05) is 13.8 Å². The first-order chi connectivity index (χ1) is 9.45. The highest BCUT2D eigenvalue weighted by Crippen LogP contribution is 2.24. The van der Waals surface area contributed by atoms with Crippen LogP contribution in [0.3, 0.4) is 0 Å². The third kappa shape index (κ3) is 3.61. The van der Waals surface area contributed by atoms with Crippen molar-refractivity contribution < 1.29 is 13.5 Å². The summed E-state index contributed by atoms with van der Waals surface area (Å²) in [5.41, 5.74) is 0.841. The topological polar surface area (TPSA) is 72.2 Å². The summed E-state index contributed by atoms with van der Waals surface area (Å²) in [6.07, 6.45) is 4.40. The van der Waals surface area contributed by atoms with E-state index in [1.54, 1.807) is 0 Å². The third-order valence-electron chi connectivity index (χ3n) is 4.21. The maximum absolute atomic E-state index is 11.4. The number of nitrogens with zero attached hydrogens (tertiary/aromatic N) is 2. The molecular weight excluding hydrogens is 276 g/mol. The van der Waals surface area contributed by atoms with Gasteiger partial charge in [0.2, 0.25) is 0 Å². The number of aliphatic hydroxyl groups is 1. The van der Waals surface area contributed by atoms with Gasteiger partial charge in [-0.2, -0.15) is 5.10 Å². The highest BCUT2D eigenvalue weighted by molar-refractivity contribution is 7.91. The van der Waals surface area contributed by atoms with Crippen LogP contribution in [0.2, 0.25) is 0 Å². The molecule has 2 unspecified atom stereocenters. The average Bonchev–Trinajstić information content (AvgIpc) is 2.98. The van der Waals surface area contributed by atoms with Crippen LogP contribution in [0.4, 0.5) is 0 Å². The second-order valence-electron chi connectivity index (χ2n) is 5.69. The largest absolute Gasteiger partial charge is 0.392 e. The normalized spacial score (nSPS) is 23.3. The highest BCUT2D eigenvalue weighted by atomic mass is 32.2. The van der Waals surface area contributed by atoms with Crippen LogP contribution >= 0.6 is 0 Å². The van der Waals surface area contributed by atoms with Crippen molar-refractivity contribution in [1.29, 1.82) is 0 Å². The summed E-state index contributed by atoms with van der Waals surface area (Å²) in [4.78, 5) is 0. The molecule has 1 aromatic rings. The second kappa shape index (κ2) is 6.26. The Bertz CT molecular complexity index is 534. The third-order valence-corrected chi connectivity index (χ3v) is 6.00. The molecule has 0 amide bonds. The zero-order valence-corrected chi connectivity index (χ0v) is 13.0. The number of aliphatic hydroxyl groups excluding tert-OH is 1.